The lowest BCUT2D eigenvalue weighted by Gasteiger charge is -2.35. The summed E-state index contributed by atoms with van der Waals surface area (Å²) in [4.78, 5) is 10.8. The molecule has 0 saturated heterocycles. The van der Waals surface area contributed by atoms with Gasteiger partial charge in [0, 0.05) is 0 Å². The van der Waals surface area contributed by atoms with E-state index >= 15 is 0 Å². The van der Waals surface area contributed by atoms with Crippen LogP contribution >= 0.6 is 10.0 Å². The van der Waals surface area contributed by atoms with E-state index in [1.807, 2.05) is 0 Å². The molecule has 0 unspecified atom stereocenters. The van der Waals surface area contributed by atoms with E-state index in [2.05, 4.69) is 37.7 Å². The molecule has 0 bridgehead atoms. The third-order valence-electron chi connectivity index (χ3n) is 2.74. The fourth-order valence-corrected chi connectivity index (χ4v) is 2.49. The smallest absolute Gasteiger partial charge is 0.434 e. The number of hydrogen-bond donors (Lipinski definition) is 0. The van der Waals surface area contributed by atoms with Gasteiger partial charge in [-0.1, -0.05) is 20.4 Å². The lowest BCUT2D eigenvalue weighted by molar-refractivity contribution is 0.0839. The van der Waals surface area contributed by atoms with Crippen LogP contribution in [0.25, 0.3) is 0 Å². The van der Waals surface area contributed by atoms with Gasteiger partial charge in [-0.15, -0.1) is 0 Å². The number of carbonyl (C=O) groups excluding carboxylic acids is 1. The Balaban J connectivity index is 3.54. The van der Waals surface area contributed by atoms with Crippen LogP contribution in [0.15, 0.2) is 12.8 Å². The molecule has 0 rings (SSSR count). The third kappa shape index (κ3) is 6.77. The zero-order valence-corrected chi connectivity index (χ0v) is 11.6. The lowest BCUT2D eigenvalue weighted by Crippen LogP contribution is -2.13. The summed E-state index contributed by atoms with van der Waals surface area (Å²) < 4.78 is 9.27. The van der Waals surface area contributed by atoms with Gasteiger partial charge in [0.25, 0.3) is 0 Å². The minimum Gasteiger partial charge on any atom is -0.434 e. The first-order valence-electron chi connectivity index (χ1n) is 5.54. The van der Waals surface area contributed by atoms with Gasteiger partial charge in [-0.3, -0.25) is 0 Å². The molecule has 0 saturated carbocycles. The molecule has 3 nitrogen and oxygen atoms in total. The SMILES string of the molecule is C=COC(=O)OCCCCS(C)(C)C(C)C. The van der Waals surface area contributed by atoms with Gasteiger partial charge in [0.15, 0.2) is 0 Å². The van der Waals surface area contributed by atoms with Crippen molar-refractivity contribution in [1.29, 1.82) is 0 Å². The van der Waals surface area contributed by atoms with Gasteiger partial charge < -0.3 is 9.47 Å². The van der Waals surface area contributed by atoms with Crippen molar-refractivity contribution in [3.05, 3.63) is 12.8 Å². The van der Waals surface area contributed by atoms with Gasteiger partial charge in [-0.2, -0.15) is 0 Å². The highest BCUT2D eigenvalue weighted by Gasteiger charge is 2.15. The number of carbonyl (C=O) groups is 1. The number of rotatable bonds is 7. The topological polar surface area (TPSA) is 35.5 Å². The molecule has 0 radical (unpaired) electrons. The second-order valence-electron chi connectivity index (χ2n) is 4.47. The van der Waals surface area contributed by atoms with Crippen molar-refractivity contribution >= 4 is 16.2 Å². The molecule has 16 heavy (non-hydrogen) atoms. The Hall–Kier alpha value is -0.640. The first-order chi connectivity index (χ1) is 7.40. The monoisotopic (exact) mass is 248 g/mol. The van der Waals surface area contributed by atoms with E-state index in [1.54, 1.807) is 0 Å². The van der Waals surface area contributed by atoms with Crippen molar-refractivity contribution in [1.82, 2.24) is 0 Å². The fourth-order valence-electron chi connectivity index (χ4n) is 1.07. The lowest BCUT2D eigenvalue weighted by atomic mass is 10.4. The number of hydrogen-bond acceptors (Lipinski definition) is 3. The zero-order valence-electron chi connectivity index (χ0n) is 10.8. The molecule has 96 valence electrons. The maximum Gasteiger partial charge on any atom is 0.513 e. The largest absolute Gasteiger partial charge is 0.513 e. The summed E-state index contributed by atoms with van der Waals surface area (Å²) >= 11 is 0. The predicted molar refractivity (Wildman–Crippen MR) is 71.3 cm³/mol. The second-order valence-corrected chi connectivity index (χ2v) is 9.07. The van der Waals surface area contributed by atoms with Gasteiger partial charge in [0.05, 0.1) is 12.9 Å². The van der Waals surface area contributed by atoms with Gasteiger partial charge >= 0.3 is 6.16 Å². The molecule has 0 fully saturated rings. The van der Waals surface area contributed by atoms with Gasteiger partial charge in [-0.05, 0) is 36.4 Å². The van der Waals surface area contributed by atoms with Crippen LogP contribution in [0.3, 0.4) is 0 Å². The van der Waals surface area contributed by atoms with Crippen LogP contribution in [0, 0.1) is 0 Å². The van der Waals surface area contributed by atoms with Crippen molar-refractivity contribution in [2.24, 2.45) is 0 Å². The van der Waals surface area contributed by atoms with Crippen LogP contribution < -0.4 is 0 Å². The Morgan fingerprint density at radius 1 is 1.38 bits per heavy atom. The Labute approximate surface area is 101 Å². The van der Waals surface area contributed by atoms with E-state index in [0.29, 0.717) is 6.61 Å². The Bertz CT molecular complexity index is 224. The normalized spacial score (nSPS) is 12.3. The summed E-state index contributed by atoms with van der Waals surface area (Å²) in [6, 6.07) is 0. The van der Waals surface area contributed by atoms with E-state index in [-0.39, 0.29) is 0 Å². The van der Waals surface area contributed by atoms with E-state index < -0.39 is 16.2 Å². The minimum absolute atomic E-state index is 0.431. The molecule has 0 aliphatic carbocycles. The Morgan fingerprint density at radius 2 is 2.00 bits per heavy atom. The van der Waals surface area contributed by atoms with E-state index in [9.17, 15) is 4.79 Å². The summed E-state index contributed by atoms with van der Waals surface area (Å²) in [5, 5.41) is 0.749. The Kier molecular flexibility index (Phi) is 7.30. The van der Waals surface area contributed by atoms with Crippen LogP contribution in [0.4, 0.5) is 4.79 Å². The summed E-state index contributed by atoms with van der Waals surface area (Å²) in [6.07, 6.45) is 7.12. The maximum absolute atomic E-state index is 10.8. The standard InChI is InChI=1S/C12H24O3S/c1-6-14-12(13)15-9-7-8-10-16(4,5)11(2)3/h6,11H,1,7-10H2,2-5H3. The minimum atomic E-state index is -0.662. The average Bonchev–Trinajstić information content (AvgIpc) is 2.17. The number of ether oxygens (including phenoxy) is 2. The van der Waals surface area contributed by atoms with Gasteiger partial charge in [-0.25, -0.2) is 14.8 Å². The highest BCUT2D eigenvalue weighted by atomic mass is 32.3. The van der Waals surface area contributed by atoms with E-state index in [4.69, 9.17) is 4.74 Å². The highest BCUT2D eigenvalue weighted by Crippen LogP contribution is 2.45. The highest BCUT2D eigenvalue weighted by molar-refractivity contribution is 8.33. The molecular formula is C12H24O3S. The van der Waals surface area contributed by atoms with Crippen LogP contribution in [0.2, 0.25) is 0 Å². The third-order valence-corrected chi connectivity index (χ3v) is 6.63. The number of unbranched alkanes of at least 4 members (excludes halogenated alkanes) is 1. The molecule has 4 heteroatoms. The molecule has 0 aliphatic rings. The quantitative estimate of drug-likeness (QED) is 0.393. The van der Waals surface area contributed by atoms with Crippen molar-refractivity contribution in [3.63, 3.8) is 0 Å². The van der Waals surface area contributed by atoms with Crippen LogP contribution in [0.1, 0.15) is 26.7 Å². The van der Waals surface area contributed by atoms with Gasteiger partial charge in [0.1, 0.15) is 0 Å². The van der Waals surface area contributed by atoms with E-state index in [1.165, 1.54) is 5.75 Å². The molecule has 0 spiro atoms. The molecule has 0 N–H and O–H groups in total. The van der Waals surface area contributed by atoms with Crippen molar-refractivity contribution in [3.8, 4) is 0 Å². The molecule has 0 aromatic heterocycles. The van der Waals surface area contributed by atoms with Crippen molar-refractivity contribution in [2.75, 3.05) is 24.9 Å². The van der Waals surface area contributed by atoms with E-state index in [0.717, 1.165) is 24.4 Å². The van der Waals surface area contributed by atoms with Crippen LogP contribution in [0.5, 0.6) is 0 Å². The molecule has 0 atom stereocenters. The molecule has 0 aromatic carbocycles. The van der Waals surface area contributed by atoms with Crippen LogP contribution in [-0.4, -0.2) is 36.3 Å². The van der Waals surface area contributed by atoms with Gasteiger partial charge in [0.2, 0.25) is 0 Å². The molecular weight excluding hydrogens is 224 g/mol. The molecule has 0 aromatic rings. The average molecular weight is 248 g/mol. The summed E-state index contributed by atoms with van der Waals surface area (Å²) in [5.41, 5.74) is 0. The second kappa shape index (κ2) is 7.60. The summed E-state index contributed by atoms with van der Waals surface area (Å²) in [6.45, 7) is 8.25. The summed E-state index contributed by atoms with van der Waals surface area (Å²) in [7, 11) is -0.497. The molecule has 0 heterocycles. The van der Waals surface area contributed by atoms with Crippen molar-refractivity contribution < 1.29 is 14.3 Å². The molecule has 0 aliphatic heterocycles. The van der Waals surface area contributed by atoms with Crippen molar-refractivity contribution in [2.45, 2.75) is 31.9 Å². The van der Waals surface area contributed by atoms with Crippen LogP contribution in [-0.2, 0) is 9.47 Å². The Morgan fingerprint density at radius 3 is 2.50 bits per heavy atom. The first-order valence-corrected chi connectivity index (χ1v) is 8.22. The fraction of sp³-hybridized carbons (Fsp3) is 0.750. The summed E-state index contributed by atoms with van der Waals surface area (Å²) in [5.74, 6) is 1.23. The maximum atomic E-state index is 10.8. The first kappa shape index (κ1) is 15.4. The zero-order chi connectivity index (χ0) is 12.6. The predicted octanol–water partition coefficient (Wildman–Crippen LogP) is 3.54. The molecule has 0 amide bonds.